The van der Waals surface area contributed by atoms with Gasteiger partial charge in [0.1, 0.15) is 0 Å². The predicted octanol–water partition coefficient (Wildman–Crippen LogP) is 4.79. The molecule has 0 spiro atoms. The summed E-state index contributed by atoms with van der Waals surface area (Å²) in [6.07, 6.45) is 2.83. The van der Waals surface area contributed by atoms with Crippen LogP contribution < -0.4 is 0 Å². The maximum atomic E-state index is 12.7. The van der Waals surface area contributed by atoms with Gasteiger partial charge >= 0.3 is 0 Å². The first-order valence-electron chi connectivity index (χ1n) is 6.50. The van der Waals surface area contributed by atoms with Crippen molar-refractivity contribution < 1.29 is 4.79 Å². The van der Waals surface area contributed by atoms with Crippen molar-refractivity contribution in [1.29, 1.82) is 0 Å². The number of hydrogen-bond donors (Lipinski definition) is 0. The minimum Gasteiger partial charge on any atom is -0.293 e. The topological polar surface area (TPSA) is 17.1 Å². The van der Waals surface area contributed by atoms with E-state index < -0.39 is 0 Å². The summed E-state index contributed by atoms with van der Waals surface area (Å²) in [5, 5.41) is 0. The first kappa shape index (κ1) is 13.9. The molecular formula is C17H18OS. The van der Waals surface area contributed by atoms with Crippen LogP contribution in [0.15, 0.2) is 59.5 Å². The quantitative estimate of drug-likeness (QED) is 0.574. The Morgan fingerprint density at radius 1 is 1.05 bits per heavy atom. The van der Waals surface area contributed by atoms with Crippen LogP contribution in [0.5, 0.6) is 0 Å². The molecule has 0 saturated heterocycles. The molecule has 0 N–H and O–H groups in total. The molecule has 2 rings (SSSR count). The zero-order chi connectivity index (χ0) is 13.7. The number of carbonyl (C=O) groups is 1. The average molecular weight is 270 g/mol. The molecule has 2 aromatic carbocycles. The first-order chi connectivity index (χ1) is 9.27. The van der Waals surface area contributed by atoms with Crippen LogP contribution >= 0.6 is 11.8 Å². The van der Waals surface area contributed by atoms with E-state index in [1.165, 1.54) is 0 Å². The molecule has 98 valence electrons. The van der Waals surface area contributed by atoms with Crippen LogP contribution in [0.3, 0.4) is 0 Å². The van der Waals surface area contributed by atoms with E-state index >= 15 is 0 Å². The van der Waals surface area contributed by atoms with E-state index in [1.807, 2.05) is 60.9 Å². The molecular weight excluding hydrogens is 252 g/mol. The molecule has 2 heteroatoms. The van der Waals surface area contributed by atoms with Gasteiger partial charge in [0.25, 0.3) is 0 Å². The number of thioether (sulfide) groups is 1. The van der Waals surface area contributed by atoms with Gasteiger partial charge in [0.05, 0.1) is 0 Å². The van der Waals surface area contributed by atoms with Crippen molar-refractivity contribution >= 4 is 17.5 Å². The predicted molar refractivity (Wildman–Crippen MR) is 82.0 cm³/mol. The van der Waals surface area contributed by atoms with E-state index in [-0.39, 0.29) is 11.7 Å². The molecule has 19 heavy (non-hydrogen) atoms. The number of Topliss-reactive ketones (excluding diaryl/α,β-unsaturated/α-hetero) is 1. The summed E-state index contributed by atoms with van der Waals surface area (Å²) in [4.78, 5) is 13.8. The van der Waals surface area contributed by atoms with Crippen LogP contribution in [0, 0.1) is 0 Å². The normalized spacial score (nSPS) is 12.1. The molecule has 0 aliphatic carbocycles. The minimum absolute atomic E-state index is 0.0468. The summed E-state index contributed by atoms with van der Waals surface area (Å²) in [5.74, 6) is 0.174. The highest BCUT2D eigenvalue weighted by Crippen LogP contribution is 2.28. The Labute approximate surface area is 119 Å². The molecule has 0 bridgehead atoms. The number of ketones is 1. The largest absolute Gasteiger partial charge is 0.293 e. The zero-order valence-electron chi connectivity index (χ0n) is 11.3. The number of rotatable bonds is 5. The average Bonchev–Trinajstić information content (AvgIpc) is 2.49. The standard InChI is InChI=1S/C17H18OS/c1-3-14(13-9-5-4-6-10-13)17(18)15-11-7-8-12-16(15)19-2/h4-12,14H,3H2,1-2H3. The summed E-state index contributed by atoms with van der Waals surface area (Å²) in [6.45, 7) is 2.07. The summed E-state index contributed by atoms with van der Waals surface area (Å²) in [6, 6.07) is 17.9. The smallest absolute Gasteiger partial charge is 0.171 e. The van der Waals surface area contributed by atoms with E-state index in [0.29, 0.717) is 0 Å². The molecule has 1 atom stereocenters. The van der Waals surface area contributed by atoms with Crippen LogP contribution in [-0.2, 0) is 0 Å². The Morgan fingerprint density at radius 3 is 2.32 bits per heavy atom. The summed E-state index contributed by atoms with van der Waals surface area (Å²) >= 11 is 1.63. The molecule has 0 fully saturated rings. The highest BCUT2D eigenvalue weighted by atomic mass is 32.2. The number of hydrogen-bond acceptors (Lipinski definition) is 2. The van der Waals surface area contributed by atoms with Gasteiger partial charge in [-0.05, 0) is 24.3 Å². The minimum atomic E-state index is -0.0468. The third-order valence-electron chi connectivity index (χ3n) is 3.30. The van der Waals surface area contributed by atoms with Crippen molar-refractivity contribution in [2.24, 2.45) is 0 Å². The fraction of sp³-hybridized carbons (Fsp3) is 0.235. The Bertz CT molecular complexity index is 548. The van der Waals surface area contributed by atoms with Gasteiger partial charge in [0, 0.05) is 16.4 Å². The second kappa shape index (κ2) is 6.58. The van der Waals surface area contributed by atoms with Crippen LogP contribution in [-0.4, -0.2) is 12.0 Å². The Morgan fingerprint density at radius 2 is 1.68 bits per heavy atom. The van der Waals surface area contributed by atoms with Crippen LogP contribution in [0.1, 0.15) is 35.2 Å². The lowest BCUT2D eigenvalue weighted by Crippen LogP contribution is -2.13. The van der Waals surface area contributed by atoms with Crippen molar-refractivity contribution in [1.82, 2.24) is 0 Å². The lowest BCUT2D eigenvalue weighted by atomic mass is 9.88. The second-order valence-corrected chi connectivity index (χ2v) is 5.28. The van der Waals surface area contributed by atoms with Gasteiger partial charge in [-0.1, -0.05) is 55.5 Å². The van der Waals surface area contributed by atoms with Crippen LogP contribution in [0.25, 0.3) is 0 Å². The van der Waals surface area contributed by atoms with Gasteiger partial charge in [-0.25, -0.2) is 0 Å². The zero-order valence-corrected chi connectivity index (χ0v) is 12.1. The number of carbonyl (C=O) groups excluding carboxylic acids is 1. The third-order valence-corrected chi connectivity index (χ3v) is 4.09. The Hall–Kier alpha value is -1.54. The van der Waals surface area contributed by atoms with Crippen molar-refractivity contribution in [3.05, 3.63) is 65.7 Å². The molecule has 0 amide bonds. The maximum Gasteiger partial charge on any atom is 0.171 e. The number of benzene rings is 2. The monoisotopic (exact) mass is 270 g/mol. The molecule has 0 radical (unpaired) electrons. The highest BCUT2D eigenvalue weighted by Gasteiger charge is 2.21. The molecule has 0 aliphatic rings. The summed E-state index contributed by atoms with van der Waals surface area (Å²) in [5.41, 5.74) is 1.94. The molecule has 2 aromatic rings. The van der Waals surface area contributed by atoms with Crippen molar-refractivity contribution in [2.45, 2.75) is 24.2 Å². The molecule has 1 nitrogen and oxygen atoms in total. The van der Waals surface area contributed by atoms with E-state index in [4.69, 9.17) is 0 Å². The fourth-order valence-electron chi connectivity index (χ4n) is 2.29. The summed E-state index contributed by atoms with van der Waals surface area (Å²) in [7, 11) is 0. The third kappa shape index (κ3) is 3.07. The van der Waals surface area contributed by atoms with Gasteiger partial charge < -0.3 is 0 Å². The van der Waals surface area contributed by atoms with Crippen molar-refractivity contribution in [2.75, 3.05) is 6.26 Å². The lowest BCUT2D eigenvalue weighted by molar-refractivity contribution is 0.0954. The first-order valence-corrected chi connectivity index (χ1v) is 7.72. The molecule has 0 saturated carbocycles. The van der Waals surface area contributed by atoms with E-state index in [1.54, 1.807) is 11.8 Å². The van der Waals surface area contributed by atoms with Gasteiger partial charge in [0.15, 0.2) is 5.78 Å². The molecule has 0 heterocycles. The highest BCUT2D eigenvalue weighted by molar-refractivity contribution is 7.98. The maximum absolute atomic E-state index is 12.7. The Kier molecular flexibility index (Phi) is 4.80. The van der Waals surface area contributed by atoms with E-state index in [0.717, 1.165) is 22.4 Å². The second-order valence-electron chi connectivity index (χ2n) is 4.44. The fourth-order valence-corrected chi connectivity index (χ4v) is 2.90. The molecule has 1 unspecified atom stereocenters. The molecule has 0 aliphatic heterocycles. The Balaban J connectivity index is 2.36. The van der Waals surface area contributed by atoms with Gasteiger partial charge in [-0.3, -0.25) is 4.79 Å². The van der Waals surface area contributed by atoms with Crippen molar-refractivity contribution in [3.8, 4) is 0 Å². The van der Waals surface area contributed by atoms with Crippen molar-refractivity contribution in [3.63, 3.8) is 0 Å². The van der Waals surface area contributed by atoms with Gasteiger partial charge in [-0.2, -0.15) is 0 Å². The van der Waals surface area contributed by atoms with Crippen LogP contribution in [0.4, 0.5) is 0 Å². The molecule has 0 aromatic heterocycles. The SMILES string of the molecule is CCC(C(=O)c1ccccc1SC)c1ccccc1. The van der Waals surface area contributed by atoms with Gasteiger partial charge in [-0.15, -0.1) is 11.8 Å². The summed E-state index contributed by atoms with van der Waals surface area (Å²) < 4.78 is 0. The lowest BCUT2D eigenvalue weighted by Gasteiger charge is -2.16. The van der Waals surface area contributed by atoms with E-state index in [2.05, 4.69) is 6.92 Å². The van der Waals surface area contributed by atoms with Gasteiger partial charge in [0.2, 0.25) is 0 Å². The van der Waals surface area contributed by atoms with E-state index in [9.17, 15) is 4.79 Å². The van der Waals surface area contributed by atoms with Crippen LogP contribution in [0.2, 0.25) is 0 Å².